The number of anilines is 2. The fourth-order valence-electron chi connectivity index (χ4n) is 1.99. The summed E-state index contributed by atoms with van der Waals surface area (Å²) in [5.74, 6) is -0.207. The summed E-state index contributed by atoms with van der Waals surface area (Å²) in [6.07, 6.45) is 0. The molecule has 0 fully saturated rings. The van der Waals surface area contributed by atoms with Crippen molar-refractivity contribution in [2.75, 3.05) is 24.3 Å². The van der Waals surface area contributed by atoms with Gasteiger partial charge in [0.25, 0.3) is 5.69 Å². The topological polar surface area (TPSA) is 117 Å². The minimum Gasteiger partial charge on any atom is -0.494 e. The first-order chi connectivity index (χ1) is 11.9. The number of nitrogens with one attached hydrogen (secondary N) is 2. The van der Waals surface area contributed by atoms with E-state index in [1.807, 2.05) is 6.07 Å². The summed E-state index contributed by atoms with van der Waals surface area (Å²) in [4.78, 5) is 22.2. The van der Waals surface area contributed by atoms with Crippen LogP contribution in [0.5, 0.6) is 5.75 Å². The van der Waals surface area contributed by atoms with Gasteiger partial charge in [0.1, 0.15) is 11.8 Å². The fourth-order valence-corrected chi connectivity index (χ4v) is 2.15. The van der Waals surface area contributed by atoms with Crippen molar-refractivity contribution in [2.24, 2.45) is 0 Å². The van der Waals surface area contributed by atoms with Crippen LogP contribution in [0.25, 0.3) is 0 Å². The lowest BCUT2D eigenvalue weighted by Gasteiger charge is -2.11. The minimum atomic E-state index is -0.553. The third-order valence-electron chi connectivity index (χ3n) is 3.21. The Morgan fingerprint density at radius 3 is 2.76 bits per heavy atom. The van der Waals surface area contributed by atoms with E-state index < -0.39 is 4.92 Å². The summed E-state index contributed by atoms with van der Waals surface area (Å²) in [5.41, 5.74) is 1.03. The first kappa shape index (κ1) is 18.0. The highest BCUT2D eigenvalue weighted by molar-refractivity contribution is 6.31. The number of amides is 1. The number of carbonyl (C=O) groups is 1. The van der Waals surface area contributed by atoms with Gasteiger partial charge in [-0.3, -0.25) is 14.9 Å². The summed E-state index contributed by atoms with van der Waals surface area (Å²) < 4.78 is 5.05. The summed E-state index contributed by atoms with van der Waals surface area (Å²) >= 11 is 5.84. The number of nitriles is 1. The Labute approximate surface area is 148 Å². The molecule has 0 aromatic heterocycles. The highest BCUT2D eigenvalue weighted by Crippen LogP contribution is 2.29. The molecule has 0 saturated heterocycles. The number of hydrogen-bond donors (Lipinski definition) is 2. The van der Waals surface area contributed by atoms with Gasteiger partial charge in [0.2, 0.25) is 5.91 Å². The molecule has 0 saturated carbocycles. The number of nitrogens with zero attached hydrogens (tertiary/aromatic N) is 2. The van der Waals surface area contributed by atoms with E-state index in [2.05, 4.69) is 10.6 Å². The van der Waals surface area contributed by atoms with Crippen LogP contribution in [0.2, 0.25) is 5.02 Å². The van der Waals surface area contributed by atoms with E-state index >= 15 is 0 Å². The van der Waals surface area contributed by atoms with Crippen molar-refractivity contribution >= 4 is 34.6 Å². The predicted octanol–water partition coefficient (Wildman–Crippen LogP) is 3.18. The third kappa shape index (κ3) is 4.59. The normalized spacial score (nSPS) is 9.80. The van der Waals surface area contributed by atoms with Crippen LogP contribution in [0.4, 0.5) is 17.1 Å². The third-order valence-corrected chi connectivity index (χ3v) is 3.54. The zero-order valence-electron chi connectivity index (χ0n) is 13.1. The van der Waals surface area contributed by atoms with E-state index in [1.165, 1.54) is 31.4 Å². The van der Waals surface area contributed by atoms with Crippen molar-refractivity contribution in [3.63, 3.8) is 0 Å². The summed E-state index contributed by atoms with van der Waals surface area (Å²) in [7, 11) is 1.35. The van der Waals surface area contributed by atoms with Gasteiger partial charge in [-0.2, -0.15) is 5.26 Å². The van der Waals surface area contributed by atoms with Crippen LogP contribution >= 0.6 is 11.6 Å². The molecular weight excluding hydrogens is 348 g/mol. The van der Waals surface area contributed by atoms with E-state index in [0.29, 0.717) is 22.0 Å². The van der Waals surface area contributed by atoms with Crippen LogP contribution in [0, 0.1) is 21.4 Å². The highest BCUT2D eigenvalue weighted by Gasteiger charge is 2.13. The second-order valence-corrected chi connectivity index (χ2v) is 5.26. The van der Waals surface area contributed by atoms with E-state index in [1.54, 1.807) is 12.1 Å². The monoisotopic (exact) mass is 360 g/mol. The molecule has 0 bridgehead atoms. The molecule has 2 aromatic carbocycles. The molecule has 0 aliphatic rings. The molecule has 1 amide bonds. The van der Waals surface area contributed by atoms with Gasteiger partial charge in [-0.25, -0.2) is 0 Å². The van der Waals surface area contributed by atoms with Gasteiger partial charge in [0, 0.05) is 11.8 Å². The van der Waals surface area contributed by atoms with E-state index in [4.69, 9.17) is 21.6 Å². The first-order valence-electron chi connectivity index (χ1n) is 7.00. The SMILES string of the molecule is COc1cc([N+](=O)[O-])ccc1NC(=O)CNc1ccc(Cl)c(C#N)c1. The Hall–Kier alpha value is -3.31. The second-order valence-electron chi connectivity index (χ2n) is 4.85. The maximum Gasteiger partial charge on any atom is 0.273 e. The zero-order valence-corrected chi connectivity index (χ0v) is 13.8. The molecule has 0 aliphatic carbocycles. The fraction of sp³-hybridized carbons (Fsp3) is 0.125. The van der Waals surface area contributed by atoms with Crippen molar-refractivity contribution < 1.29 is 14.5 Å². The van der Waals surface area contributed by atoms with Gasteiger partial charge in [-0.15, -0.1) is 0 Å². The molecule has 9 heteroatoms. The van der Waals surface area contributed by atoms with Gasteiger partial charge in [0.05, 0.1) is 40.9 Å². The predicted molar refractivity (Wildman–Crippen MR) is 92.9 cm³/mol. The lowest BCUT2D eigenvalue weighted by atomic mass is 10.2. The van der Waals surface area contributed by atoms with Crippen molar-refractivity contribution in [1.29, 1.82) is 5.26 Å². The van der Waals surface area contributed by atoms with Crippen LogP contribution in [0.3, 0.4) is 0 Å². The summed E-state index contributed by atoms with van der Waals surface area (Å²) in [6, 6.07) is 10.6. The molecule has 25 heavy (non-hydrogen) atoms. The van der Waals surface area contributed by atoms with Gasteiger partial charge >= 0.3 is 0 Å². The average molecular weight is 361 g/mol. The standard InChI is InChI=1S/C16H13ClN4O4/c1-25-15-7-12(21(23)24)3-5-14(15)20-16(22)9-19-11-2-4-13(17)10(6-11)8-18/h2-7,19H,9H2,1H3,(H,20,22). The van der Waals surface area contributed by atoms with Crippen molar-refractivity contribution in [3.05, 3.63) is 57.1 Å². The largest absolute Gasteiger partial charge is 0.494 e. The van der Waals surface area contributed by atoms with Gasteiger partial charge in [0.15, 0.2) is 0 Å². The highest BCUT2D eigenvalue weighted by atomic mass is 35.5. The van der Waals surface area contributed by atoms with Gasteiger partial charge < -0.3 is 15.4 Å². The Morgan fingerprint density at radius 2 is 2.12 bits per heavy atom. The number of halogens is 1. The molecule has 0 atom stereocenters. The molecule has 0 aliphatic heterocycles. The quantitative estimate of drug-likeness (QED) is 0.603. The molecule has 0 unspecified atom stereocenters. The van der Waals surface area contributed by atoms with Crippen LogP contribution in [0.15, 0.2) is 36.4 Å². The second kappa shape index (κ2) is 7.99. The van der Waals surface area contributed by atoms with Crippen LogP contribution in [-0.2, 0) is 4.79 Å². The molecule has 128 valence electrons. The van der Waals surface area contributed by atoms with Gasteiger partial charge in [-0.05, 0) is 24.3 Å². The molecule has 8 nitrogen and oxygen atoms in total. The molecule has 2 rings (SSSR count). The van der Waals surface area contributed by atoms with Crippen LogP contribution < -0.4 is 15.4 Å². The zero-order chi connectivity index (χ0) is 18.4. The summed E-state index contributed by atoms with van der Waals surface area (Å²) in [6.45, 7) is -0.0767. The number of non-ortho nitro benzene ring substituents is 1. The Balaban J connectivity index is 2.03. The first-order valence-corrected chi connectivity index (χ1v) is 7.38. The lowest BCUT2D eigenvalue weighted by molar-refractivity contribution is -0.384. The maximum absolute atomic E-state index is 12.0. The number of ether oxygens (including phenoxy) is 1. The van der Waals surface area contributed by atoms with E-state index in [9.17, 15) is 14.9 Å². The molecule has 0 spiro atoms. The number of hydrogen-bond acceptors (Lipinski definition) is 6. The Bertz CT molecular complexity index is 864. The number of benzene rings is 2. The number of rotatable bonds is 6. The smallest absolute Gasteiger partial charge is 0.273 e. The van der Waals surface area contributed by atoms with Crippen molar-refractivity contribution in [1.82, 2.24) is 0 Å². The van der Waals surface area contributed by atoms with Gasteiger partial charge in [-0.1, -0.05) is 11.6 Å². The molecule has 2 N–H and O–H groups in total. The molecule has 2 aromatic rings. The number of methoxy groups -OCH3 is 1. The van der Waals surface area contributed by atoms with E-state index in [-0.39, 0.29) is 23.9 Å². The van der Waals surface area contributed by atoms with Crippen LogP contribution in [-0.4, -0.2) is 24.5 Å². The minimum absolute atomic E-state index is 0.0767. The number of nitro benzene ring substituents is 1. The van der Waals surface area contributed by atoms with E-state index in [0.717, 1.165) is 0 Å². The Morgan fingerprint density at radius 1 is 1.36 bits per heavy atom. The molecular formula is C16H13ClN4O4. The summed E-state index contributed by atoms with van der Waals surface area (Å²) in [5, 5.41) is 25.5. The molecule has 0 radical (unpaired) electrons. The van der Waals surface area contributed by atoms with Crippen LogP contribution in [0.1, 0.15) is 5.56 Å². The lowest BCUT2D eigenvalue weighted by Crippen LogP contribution is -2.22. The Kier molecular flexibility index (Phi) is 5.76. The number of carbonyl (C=O) groups excluding carboxylic acids is 1. The van der Waals surface area contributed by atoms with Crippen molar-refractivity contribution in [3.8, 4) is 11.8 Å². The number of nitro groups is 1. The average Bonchev–Trinajstić information content (AvgIpc) is 2.61. The van der Waals surface area contributed by atoms with Crippen molar-refractivity contribution in [2.45, 2.75) is 0 Å². The maximum atomic E-state index is 12.0. The molecule has 0 heterocycles.